The van der Waals surface area contributed by atoms with Crippen LogP contribution in [0.15, 0.2) is 48.5 Å². The lowest BCUT2D eigenvalue weighted by Crippen LogP contribution is -2.30. The molecule has 2 aromatic carbocycles. The lowest BCUT2D eigenvalue weighted by molar-refractivity contribution is -0.148. The van der Waals surface area contributed by atoms with Gasteiger partial charge >= 0.3 is 11.9 Å². The fourth-order valence-corrected chi connectivity index (χ4v) is 2.12. The van der Waals surface area contributed by atoms with E-state index in [1.54, 1.807) is 12.1 Å². The van der Waals surface area contributed by atoms with Crippen molar-refractivity contribution in [3.63, 3.8) is 0 Å². The number of hydrogen-bond acceptors (Lipinski definition) is 5. The highest BCUT2D eigenvalue weighted by Gasteiger charge is 2.20. The number of amides is 1. The topological polar surface area (TPSA) is 81.7 Å². The normalized spacial score (nSPS) is 11.7. The summed E-state index contributed by atoms with van der Waals surface area (Å²) in [5, 5.41) is 2.05. The molecule has 1 N–H and O–H groups in total. The molecule has 0 aliphatic carbocycles. The Morgan fingerprint density at radius 1 is 1.04 bits per heavy atom. The third kappa shape index (κ3) is 5.47. The van der Waals surface area contributed by atoms with Gasteiger partial charge in [-0.2, -0.15) is 0 Å². The zero-order valence-electron chi connectivity index (χ0n) is 15.1. The number of esters is 2. The highest BCUT2D eigenvalue weighted by Crippen LogP contribution is 2.18. The minimum absolute atomic E-state index is 0.355. The van der Waals surface area contributed by atoms with E-state index in [2.05, 4.69) is 4.74 Å². The Bertz CT molecular complexity index is 889. The molecule has 0 aliphatic rings. The van der Waals surface area contributed by atoms with Crippen LogP contribution in [0.5, 0.6) is 0 Å². The van der Waals surface area contributed by atoms with Crippen molar-refractivity contribution in [1.29, 1.82) is 0 Å². The maximum Gasteiger partial charge on any atom is 0.337 e. The second kappa shape index (κ2) is 9.40. The number of benzene rings is 2. The Morgan fingerprint density at radius 3 is 2.21 bits per heavy atom. The second-order valence-corrected chi connectivity index (χ2v) is 5.61. The Balaban J connectivity index is 1.93. The van der Waals surface area contributed by atoms with Gasteiger partial charge in [-0.15, -0.1) is 0 Å². The van der Waals surface area contributed by atoms with E-state index >= 15 is 0 Å². The van der Waals surface area contributed by atoms with E-state index in [-0.39, 0.29) is 0 Å². The van der Waals surface area contributed by atoms with Crippen LogP contribution in [0, 0.1) is 11.6 Å². The van der Waals surface area contributed by atoms with Crippen molar-refractivity contribution in [3.05, 3.63) is 71.3 Å². The molecule has 6 nitrogen and oxygen atoms in total. The zero-order valence-corrected chi connectivity index (χ0v) is 15.1. The summed E-state index contributed by atoms with van der Waals surface area (Å²) in [5.74, 6) is -4.08. The van der Waals surface area contributed by atoms with E-state index in [0.717, 1.165) is 24.3 Å². The molecular formula is C20H17F2NO5. The van der Waals surface area contributed by atoms with Crippen molar-refractivity contribution in [2.24, 2.45) is 0 Å². The van der Waals surface area contributed by atoms with E-state index in [1.165, 1.54) is 32.2 Å². The lowest BCUT2D eigenvalue weighted by Gasteiger charge is -2.13. The predicted octanol–water partition coefficient (Wildman–Crippen LogP) is 3.34. The summed E-state index contributed by atoms with van der Waals surface area (Å²) in [4.78, 5) is 35.1. The number of hydrogen-bond donors (Lipinski definition) is 1. The summed E-state index contributed by atoms with van der Waals surface area (Å²) >= 11 is 0. The van der Waals surface area contributed by atoms with E-state index in [0.29, 0.717) is 11.1 Å². The zero-order chi connectivity index (χ0) is 20.7. The van der Waals surface area contributed by atoms with Crippen LogP contribution >= 0.6 is 0 Å². The largest absolute Gasteiger partial charge is 0.465 e. The highest BCUT2D eigenvalue weighted by molar-refractivity contribution is 5.97. The van der Waals surface area contributed by atoms with Crippen LogP contribution in [0.1, 0.15) is 22.8 Å². The van der Waals surface area contributed by atoms with Crippen molar-refractivity contribution in [2.45, 2.75) is 13.0 Å². The average Bonchev–Trinajstić information content (AvgIpc) is 2.68. The van der Waals surface area contributed by atoms with Gasteiger partial charge in [-0.25, -0.2) is 18.4 Å². The van der Waals surface area contributed by atoms with Crippen molar-refractivity contribution in [2.75, 3.05) is 12.4 Å². The third-order valence-electron chi connectivity index (χ3n) is 3.62. The molecule has 1 atom stereocenters. The molecule has 2 rings (SSSR count). The van der Waals surface area contributed by atoms with Gasteiger partial charge in [-0.1, -0.05) is 18.2 Å². The Morgan fingerprint density at radius 2 is 1.64 bits per heavy atom. The van der Waals surface area contributed by atoms with Gasteiger partial charge in [0.05, 0.1) is 12.7 Å². The van der Waals surface area contributed by atoms with E-state index in [9.17, 15) is 23.2 Å². The van der Waals surface area contributed by atoms with Crippen LogP contribution in [0.4, 0.5) is 14.5 Å². The lowest BCUT2D eigenvalue weighted by atomic mass is 10.1. The Hall–Kier alpha value is -3.55. The van der Waals surface area contributed by atoms with Crippen molar-refractivity contribution < 1.29 is 32.6 Å². The molecule has 8 heteroatoms. The molecule has 0 unspecified atom stereocenters. The number of para-hydroxylation sites is 1. The van der Waals surface area contributed by atoms with Gasteiger partial charge in [-0.3, -0.25) is 4.79 Å². The number of carbonyl (C=O) groups is 3. The van der Waals surface area contributed by atoms with Gasteiger partial charge in [0.25, 0.3) is 5.91 Å². The first kappa shape index (κ1) is 20.8. The summed E-state index contributed by atoms with van der Waals surface area (Å²) in [7, 11) is 1.27. The molecule has 0 aromatic heterocycles. The van der Waals surface area contributed by atoms with Crippen LogP contribution in [0.2, 0.25) is 0 Å². The summed E-state index contributed by atoms with van der Waals surface area (Å²) in [6, 6.07) is 9.37. The van der Waals surface area contributed by atoms with E-state index in [4.69, 9.17) is 4.74 Å². The quantitative estimate of drug-likeness (QED) is 0.605. The number of methoxy groups -OCH3 is 1. The summed E-state index contributed by atoms with van der Waals surface area (Å²) in [5.41, 5.74) is 0.347. The van der Waals surface area contributed by atoms with Crippen LogP contribution in [-0.2, 0) is 19.1 Å². The van der Waals surface area contributed by atoms with Gasteiger partial charge in [-0.05, 0) is 42.8 Å². The number of halogens is 2. The first-order chi connectivity index (χ1) is 13.3. The van der Waals surface area contributed by atoms with Gasteiger partial charge in [0, 0.05) is 6.08 Å². The Labute approximate surface area is 159 Å². The fraction of sp³-hybridized carbons (Fsp3) is 0.150. The number of nitrogens with one attached hydrogen (secondary N) is 1. The maximum absolute atomic E-state index is 13.5. The van der Waals surface area contributed by atoms with Crippen molar-refractivity contribution >= 4 is 29.6 Å². The average molecular weight is 389 g/mol. The van der Waals surface area contributed by atoms with E-state index < -0.39 is 41.3 Å². The first-order valence-electron chi connectivity index (χ1n) is 8.13. The van der Waals surface area contributed by atoms with Crippen LogP contribution in [0.3, 0.4) is 0 Å². The fourth-order valence-electron chi connectivity index (χ4n) is 2.12. The summed E-state index contributed by atoms with van der Waals surface area (Å²) in [6.07, 6.45) is 1.23. The standard InChI is InChI=1S/C20H17F2NO5/c1-12(19(25)23-18-15(21)4-3-5-16(18)22)28-17(24)11-8-13-6-9-14(10-7-13)20(26)27-2/h3-12H,1-2H3,(H,23,25)/b11-8+/t12-/m0/s1. The molecule has 1 amide bonds. The van der Waals surface area contributed by atoms with E-state index in [1.807, 2.05) is 5.32 Å². The molecule has 28 heavy (non-hydrogen) atoms. The van der Waals surface area contributed by atoms with Gasteiger partial charge in [0.1, 0.15) is 17.3 Å². The van der Waals surface area contributed by atoms with Gasteiger partial charge in [0.2, 0.25) is 0 Å². The molecule has 0 radical (unpaired) electrons. The molecule has 0 spiro atoms. The molecular weight excluding hydrogens is 372 g/mol. The maximum atomic E-state index is 13.5. The molecule has 0 bridgehead atoms. The minimum atomic E-state index is -1.28. The predicted molar refractivity (Wildman–Crippen MR) is 97.4 cm³/mol. The van der Waals surface area contributed by atoms with Crippen molar-refractivity contribution in [3.8, 4) is 0 Å². The monoisotopic (exact) mass is 389 g/mol. The second-order valence-electron chi connectivity index (χ2n) is 5.61. The molecule has 0 saturated heterocycles. The first-order valence-corrected chi connectivity index (χ1v) is 8.13. The van der Waals surface area contributed by atoms with Gasteiger partial charge < -0.3 is 14.8 Å². The molecule has 0 fully saturated rings. The third-order valence-corrected chi connectivity index (χ3v) is 3.62. The smallest absolute Gasteiger partial charge is 0.337 e. The molecule has 2 aromatic rings. The molecule has 146 valence electrons. The molecule has 0 aliphatic heterocycles. The number of rotatable bonds is 6. The van der Waals surface area contributed by atoms with Crippen molar-refractivity contribution in [1.82, 2.24) is 0 Å². The van der Waals surface area contributed by atoms with Crippen LogP contribution in [-0.4, -0.2) is 31.1 Å². The number of ether oxygens (including phenoxy) is 2. The Kier molecular flexibility index (Phi) is 6.97. The SMILES string of the molecule is COC(=O)c1ccc(/C=C/C(=O)O[C@@H](C)C(=O)Nc2c(F)cccc2F)cc1. The summed E-state index contributed by atoms with van der Waals surface area (Å²) < 4.78 is 36.6. The molecule has 0 heterocycles. The summed E-state index contributed by atoms with van der Waals surface area (Å²) in [6.45, 7) is 1.27. The highest BCUT2D eigenvalue weighted by atomic mass is 19.1. The van der Waals surface area contributed by atoms with Crippen LogP contribution in [0.25, 0.3) is 6.08 Å². The minimum Gasteiger partial charge on any atom is -0.465 e. The number of carbonyl (C=O) groups excluding carboxylic acids is 3. The van der Waals surface area contributed by atoms with Gasteiger partial charge in [0.15, 0.2) is 6.10 Å². The number of anilines is 1. The molecule has 0 saturated carbocycles. The van der Waals surface area contributed by atoms with Crippen LogP contribution < -0.4 is 5.32 Å².